The Morgan fingerprint density at radius 2 is 1.93 bits per heavy atom. The lowest BCUT2D eigenvalue weighted by Gasteiger charge is -2.21. The Morgan fingerprint density at radius 1 is 1.17 bits per heavy atom. The van der Waals surface area contributed by atoms with Crippen molar-refractivity contribution in [1.82, 2.24) is 5.16 Å². The van der Waals surface area contributed by atoms with Gasteiger partial charge in [-0.2, -0.15) is 0 Å². The molecule has 30 heavy (non-hydrogen) atoms. The lowest BCUT2D eigenvalue weighted by molar-refractivity contribution is 0.0514. The molecule has 0 fully saturated rings. The zero-order chi connectivity index (χ0) is 21.9. The van der Waals surface area contributed by atoms with Crippen molar-refractivity contribution in [3.05, 3.63) is 59.8 Å². The van der Waals surface area contributed by atoms with Crippen molar-refractivity contribution in [3.63, 3.8) is 0 Å². The molecule has 8 nitrogen and oxygen atoms in total. The number of nitrogens with zero attached hydrogens (tertiary/aromatic N) is 2. The normalized spacial score (nSPS) is 11.2. The van der Waals surface area contributed by atoms with E-state index in [0.717, 1.165) is 5.56 Å². The molecule has 0 spiro atoms. The molecule has 0 aliphatic carbocycles. The third-order valence-corrected chi connectivity index (χ3v) is 6.25. The highest BCUT2D eigenvalue weighted by atomic mass is 32.2. The van der Waals surface area contributed by atoms with Gasteiger partial charge in [0.1, 0.15) is 10.6 Å². The van der Waals surface area contributed by atoms with E-state index in [1.807, 2.05) is 13.0 Å². The van der Waals surface area contributed by atoms with Gasteiger partial charge in [0, 0.05) is 18.7 Å². The minimum atomic E-state index is -3.95. The number of esters is 1. The first-order valence-corrected chi connectivity index (χ1v) is 10.6. The van der Waals surface area contributed by atoms with E-state index in [1.54, 1.807) is 31.2 Å². The topological polar surface area (TPSA) is 98.9 Å². The number of methoxy groups -OCH3 is 1. The zero-order valence-corrected chi connectivity index (χ0v) is 17.9. The van der Waals surface area contributed by atoms with E-state index in [1.165, 1.54) is 36.7 Å². The molecule has 0 aliphatic rings. The standard InChI is InChI=1S/C21H22N2O6S/c1-5-28-21(24)17-13-19(29-22-17)15-9-10-18(27-4)20(12-15)30(25,26)23(3)16-8-6-7-14(2)11-16/h6-13H,5H2,1-4H3. The Balaban J connectivity index is 2.03. The molecule has 158 valence electrons. The van der Waals surface area contributed by atoms with Gasteiger partial charge in [0.2, 0.25) is 0 Å². The summed E-state index contributed by atoms with van der Waals surface area (Å²) in [5.41, 5.74) is 1.88. The van der Waals surface area contributed by atoms with Gasteiger partial charge in [-0.3, -0.25) is 4.31 Å². The van der Waals surface area contributed by atoms with Crippen LogP contribution in [0.1, 0.15) is 23.0 Å². The van der Waals surface area contributed by atoms with Crippen LogP contribution in [0.25, 0.3) is 11.3 Å². The van der Waals surface area contributed by atoms with Gasteiger partial charge in [-0.15, -0.1) is 0 Å². The number of rotatable bonds is 7. The number of ether oxygens (including phenoxy) is 2. The summed E-state index contributed by atoms with van der Waals surface area (Å²) in [4.78, 5) is 11.8. The van der Waals surface area contributed by atoms with Gasteiger partial charge in [-0.05, 0) is 49.7 Å². The first-order chi connectivity index (χ1) is 14.3. The number of carbonyl (C=O) groups excluding carboxylic acids is 1. The molecule has 0 bridgehead atoms. The van der Waals surface area contributed by atoms with Crippen LogP contribution in [0.3, 0.4) is 0 Å². The lowest BCUT2D eigenvalue weighted by Crippen LogP contribution is -2.27. The fourth-order valence-electron chi connectivity index (χ4n) is 2.85. The predicted molar refractivity (Wildman–Crippen MR) is 111 cm³/mol. The van der Waals surface area contributed by atoms with Gasteiger partial charge in [0.25, 0.3) is 10.0 Å². The lowest BCUT2D eigenvalue weighted by atomic mass is 10.1. The molecule has 0 atom stereocenters. The number of aromatic nitrogens is 1. The molecule has 0 aliphatic heterocycles. The van der Waals surface area contributed by atoms with Crippen LogP contribution in [0.5, 0.6) is 5.75 Å². The van der Waals surface area contributed by atoms with Gasteiger partial charge in [-0.25, -0.2) is 13.2 Å². The average molecular weight is 430 g/mol. The first kappa shape index (κ1) is 21.4. The van der Waals surface area contributed by atoms with Gasteiger partial charge in [-0.1, -0.05) is 17.3 Å². The van der Waals surface area contributed by atoms with E-state index in [4.69, 9.17) is 14.0 Å². The first-order valence-electron chi connectivity index (χ1n) is 9.15. The number of sulfonamides is 1. The predicted octanol–water partition coefficient (Wildman–Crippen LogP) is 3.66. The summed E-state index contributed by atoms with van der Waals surface area (Å²) in [6.45, 7) is 3.78. The van der Waals surface area contributed by atoms with Crippen molar-refractivity contribution >= 4 is 21.7 Å². The van der Waals surface area contributed by atoms with E-state index in [9.17, 15) is 13.2 Å². The molecule has 2 aromatic carbocycles. The monoisotopic (exact) mass is 430 g/mol. The second-order valence-electron chi connectivity index (χ2n) is 6.47. The fourth-order valence-corrected chi connectivity index (χ4v) is 4.22. The molecule has 0 amide bonds. The average Bonchev–Trinajstić information content (AvgIpc) is 3.23. The van der Waals surface area contributed by atoms with Gasteiger partial charge < -0.3 is 14.0 Å². The minimum absolute atomic E-state index is 0.00366. The molecule has 1 heterocycles. The van der Waals surface area contributed by atoms with Crippen LogP contribution in [-0.2, 0) is 14.8 Å². The number of hydrogen-bond donors (Lipinski definition) is 0. The fraction of sp³-hybridized carbons (Fsp3) is 0.238. The summed E-state index contributed by atoms with van der Waals surface area (Å²) >= 11 is 0. The van der Waals surface area contributed by atoms with Crippen LogP contribution in [0, 0.1) is 6.92 Å². The van der Waals surface area contributed by atoms with Crippen molar-refractivity contribution in [1.29, 1.82) is 0 Å². The Bertz CT molecular complexity index is 1170. The number of anilines is 1. The van der Waals surface area contributed by atoms with Crippen molar-refractivity contribution in [2.24, 2.45) is 0 Å². The summed E-state index contributed by atoms with van der Waals surface area (Å²) in [6.07, 6.45) is 0. The van der Waals surface area contributed by atoms with E-state index in [0.29, 0.717) is 11.3 Å². The number of benzene rings is 2. The maximum absolute atomic E-state index is 13.3. The molecule has 0 unspecified atom stereocenters. The number of aryl methyl sites for hydroxylation is 1. The molecule has 0 saturated carbocycles. The van der Waals surface area contributed by atoms with E-state index in [-0.39, 0.29) is 28.7 Å². The number of hydrogen-bond acceptors (Lipinski definition) is 7. The van der Waals surface area contributed by atoms with Crippen molar-refractivity contribution in [2.75, 3.05) is 25.1 Å². The highest BCUT2D eigenvalue weighted by Crippen LogP contribution is 2.33. The largest absolute Gasteiger partial charge is 0.495 e. The van der Waals surface area contributed by atoms with Crippen LogP contribution in [-0.4, -0.2) is 40.3 Å². The SMILES string of the molecule is CCOC(=O)c1cc(-c2ccc(OC)c(S(=O)(=O)N(C)c3cccc(C)c3)c2)on1. The second-order valence-corrected chi connectivity index (χ2v) is 8.41. The smallest absolute Gasteiger partial charge is 0.360 e. The number of carbonyl (C=O) groups is 1. The van der Waals surface area contributed by atoms with Crippen LogP contribution < -0.4 is 9.04 Å². The Hall–Kier alpha value is -3.33. The molecule has 3 aromatic rings. The van der Waals surface area contributed by atoms with Gasteiger partial charge >= 0.3 is 5.97 Å². The maximum Gasteiger partial charge on any atom is 0.360 e. The zero-order valence-electron chi connectivity index (χ0n) is 17.1. The van der Waals surface area contributed by atoms with E-state index >= 15 is 0 Å². The summed E-state index contributed by atoms with van der Waals surface area (Å²) in [7, 11) is -1.07. The third kappa shape index (κ3) is 4.16. The van der Waals surface area contributed by atoms with Crippen molar-refractivity contribution < 1.29 is 27.2 Å². The van der Waals surface area contributed by atoms with Crippen molar-refractivity contribution in [2.45, 2.75) is 18.7 Å². The summed E-state index contributed by atoms with van der Waals surface area (Å²) in [5.74, 6) is -0.202. The molecule has 0 saturated heterocycles. The van der Waals surface area contributed by atoms with E-state index in [2.05, 4.69) is 5.16 Å². The van der Waals surface area contributed by atoms with Crippen LogP contribution >= 0.6 is 0 Å². The Labute approximate surface area is 175 Å². The second kappa shape index (κ2) is 8.58. The van der Waals surface area contributed by atoms with E-state index < -0.39 is 16.0 Å². The molecule has 1 aromatic heterocycles. The maximum atomic E-state index is 13.3. The molecular formula is C21H22N2O6S. The summed E-state index contributed by atoms with van der Waals surface area (Å²) < 4.78 is 43.2. The molecule has 9 heteroatoms. The Kier molecular flexibility index (Phi) is 6.12. The summed E-state index contributed by atoms with van der Waals surface area (Å²) in [5, 5.41) is 3.70. The third-order valence-electron chi connectivity index (χ3n) is 4.45. The molecular weight excluding hydrogens is 408 g/mol. The van der Waals surface area contributed by atoms with Crippen molar-refractivity contribution in [3.8, 4) is 17.1 Å². The van der Waals surface area contributed by atoms with Crippen LogP contribution in [0.15, 0.2) is 57.9 Å². The van der Waals surface area contributed by atoms with Crippen LogP contribution in [0.2, 0.25) is 0 Å². The minimum Gasteiger partial charge on any atom is -0.495 e. The Morgan fingerprint density at radius 3 is 2.60 bits per heavy atom. The molecule has 0 radical (unpaired) electrons. The van der Waals surface area contributed by atoms with Gasteiger partial charge in [0.05, 0.1) is 19.4 Å². The molecule has 0 N–H and O–H groups in total. The van der Waals surface area contributed by atoms with Gasteiger partial charge in [0.15, 0.2) is 11.5 Å². The highest BCUT2D eigenvalue weighted by Gasteiger charge is 2.27. The quantitative estimate of drug-likeness (QED) is 0.528. The van der Waals surface area contributed by atoms with Crippen LogP contribution in [0.4, 0.5) is 5.69 Å². The highest BCUT2D eigenvalue weighted by molar-refractivity contribution is 7.93. The summed E-state index contributed by atoms with van der Waals surface area (Å²) in [6, 6.07) is 13.1. The molecule has 3 rings (SSSR count).